The van der Waals surface area contributed by atoms with Crippen molar-refractivity contribution in [2.45, 2.75) is 6.61 Å². The lowest BCUT2D eigenvalue weighted by Gasteiger charge is -2.04. The first-order valence-electron chi connectivity index (χ1n) is 3.38. The van der Waals surface area contributed by atoms with Gasteiger partial charge in [-0.1, -0.05) is 0 Å². The summed E-state index contributed by atoms with van der Waals surface area (Å²) >= 11 is 0. The number of methoxy groups -OCH3 is 1. The van der Waals surface area contributed by atoms with Gasteiger partial charge >= 0.3 is 0 Å². The van der Waals surface area contributed by atoms with Crippen LogP contribution in [0.15, 0.2) is 12.1 Å². The van der Waals surface area contributed by atoms with Crippen LogP contribution >= 0.6 is 0 Å². The molecule has 1 aromatic rings. The Balaban J connectivity index is 3.04. The van der Waals surface area contributed by atoms with E-state index >= 15 is 0 Å². The van der Waals surface area contributed by atoms with Crippen molar-refractivity contribution < 1.29 is 20.1 Å². The minimum Gasteiger partial charge on any atom is -0.504 e. The second-order valence-corrected chi connectivity index (χ2v) is 2.42. The average Bonchev–Trinajstić information content (AvgIpc) is 2.01. The second kappa shape index (κ2) is 3.32. The molecule has 0 spiro atoms. The quantitative estimate of drug-likeness (QED) is 0.578. The molecule has 0 radical (unpaired) electrons. The van der Waals surface area contributed by atoms with Gasteiger partial charge < -0.3 is 20.1 Å². The lowest BCUT2D eigenvalue weighted by molar-refractivity contribution is 0.184. The monoisotopic (exact) mass is 170 g/mol. The van der Waals surface area contributed by atoms with E-state index in [-0.39, 0.29) is 18.1 Å². The Hall–Kier alpha value is -1.42. The van der Waals surface area contributed by atoms with Crippen molar-refractivity contribution in [3.05, 3.63) is 17.7 Å². The zero-order valence-corrected chi connectivity index (χ0v) is 6.61. The summed E-state index contributed by atoms with van der Waals surface area (Å²) in [5.74, 6) is -1.20. The summed E-state index contributed by atoms with van der Waals surface area (Å²) in [4.78, 5) is 0. The predicted octanol–water partition coefficient (Wildman–Crippen LogP) is 0.950. The van der Waals surface area contributed by atoms with Gasteiger partial charge in [-0.15, -0.1) is 0 Å². The van der Waals surface area contributed by atoms with E-state index in [1.165, 1.54) is 19.2 Å². The number of hydrogen-bond acceptors (Lipinski definition) is 4. The highest BCUT2D eigenvalue weighted by molar-refractivity contribution is 5.50. The smallest absolute Gasteiger partial charge is 0.200 e. The average molecular weight is 170 g/mol. The summed E-state index contributed by atoms with van der Waals surface area (Å²) in [6.07, 6.45) is 0. The minimum atomic E-state index is -0.505. The number of phenolic OH excluding ortho intramolecular Hbond substituents is 3. The van der Waals surface area contributed by atoms with E-state index in [0.29, 0.717) is 5.56 Å². The molecule has 0 saturated heterocycles. The lowest BCUT2D eigenvalue weighted by atomic mass is 10.2. The SMILES string of the molecule is COCc1cc(O)c(O)c(O)c1. The Bertz CT molecular complexity index is 259. The van der Waals surface area contributed by atoms with E-state index in [1.807, 2.05) is 0 Å². The Labute approximate surface area is 69.7 Å². The van der Waals surface area contributed by atoms with Crippen LogP contribution in [0.25, 0.3) is 0 Å². The fourth-order valence-corrected chi connectivity index (χ4v) is 0.911. The molecule has 4 heteroatoms. The van der Waals surface area contributed by atoms with Crippen LogP contribution in [-0.4, -0.2) is 22.4 Å². The van der Waals surface area contributed by atoms with Crippen LogP contribution in [0.3, 0.4) is 0 Å². The van der Waals surface area contributed by atoms with Gasteiger partial charge in [0.05, 0.1) is 6.61 Å². The largest absolute Gasteiger partial charge is 0.504 e. The molecule has 1 rings (SSSR count). The Morgan fingerprint density at radius 3 is 2.08 bits per heavy atom. The van der Waals surface area contributed by atoms with Crippen molar-refractivity contribution >= 4 is 0 Å². The summed E-state index contributed by atoms with van der Waals surface area (Å²) in [5.41, 5.74) is 0.602. The van der Waals surface area contributed by atoms with Gasteiger partial charge in [-0.2, -0.15) is 0 Å². The highest BCUT2D eigenvalue weighted by Crippen LogP contribution is 2.35. The van der Waals surface area contributed by atoms with E-state index in [2.05, 4.69) is 0 Å². The molecule has 0 aliphatic carbocycles. The molecule has 0 atom stereocenters. The first-order valence-corrected chi connectivity index (χ1v) is 3.38. The van der Waals surface area contributed by atoms with Crippen LogP contribution in [0.1, 0.15) is 5.56 Å². The van der Waals surface area contributed by atoms with E-state index in [4.69, 9.17) is 20.1 Å². The predicted molar refractivity (Wildman–Crippen MR) is 42.1 cm³/mol. The highest BCUT2D eigenvalue weighted by Gasteiger charge is 2.07. The van der Waals surface area contributed by atoms with Crippen molar-refractivity contribution in [3.8, 4) is 17.2 Å². The summed E-state index contributed by atoms with van der Waals surface area (Å²) in [5, 5.41) is 27.0. The number of ether oxygens (including phenoxy) is 1. The van der Waals surface area contributed by atoms with Gasteiger partial charge in [0.25, 0.3) is 0 Å². The van der Waals surface area contributed by atoms with Gasteiger partial charge in [0.1, 0.15) is 0 Å². The third-order valence-electron chi connectivity index (χ3n) is 1.44. The fourth-order valence-electron chi connectivity index (χ4n) is 0.911. The standard InChI is InChI=1S/C8H10O4/c1-12-4-5-2-6(9)8(11)7(10)3-5/h2-3,9-11H,4H2,1H3. The second-order valence-electron chi connectivity index (χ2n) is 2.42. The third-order valence-corrected chi connectivity index (χ3v) is 1.44. The summed E-state index contributed by atoms with van der Waals surface area (Å²) in [7, 11) is 1.50. The molecule has 1 aromatic carbocycles. The number of hydrogen-bond donors (Lipinski definition) is 3. The number of benzene rings is 1. The maximum absolute atomic E-state index is 9.04. The Morgan fingerprint density at radius 2 is 1.67 bits per heavy atom. The molecule has 3 N–H and O–H groups in total. The number of aromatic hydroxyl groups is 3. The van der Waals surface area contributed by atoms with E-state index in [9.17, 15) is 0 Å². The maximum Gasteiger partial charge on any atom is 0.200 e. The molecule has 0 aliphatic rings. The van der Waals surface area contributed by atoms with Gasteiger partial charge in [0, 0.05) is 7.11 Å². The number of phenols is 3. The van der Waals surface area contributed by atoms with E-state index < -0.39 is 5.75 Å². The molecule has 4 nitrogen and oxygen atoms in total. The third kappa shape index (κ3) is 1.60. The van der Waals surface area contributed by atoms with Crippen molar-refractivity contribution in [1.82, 2.24) is 0 Å². The fraction of sp³-hybridized carbons (Fsp3) is 0.250. The van der Waals surface area contributed by atoms with Crippen LogP contribution in [-0.2, 0) is 11.3 Å². The molecular formula is C8H10O4. The summed E-state index contributed by atoms with van der Waals surface area (Å²) in [6.45, 7) is 0.279. The molecule has 0 saturated carbocycles. The number of rotatable bonds is 2. The van der Waals surface area contributed by atoms with Crippen LogP contribution in [0, 0.1) is 0 Å². The van der Waals surface area contributed by atoms with E-state index in [0.717, 1.165) is 0 Å². The summed E-state index contributed by atoms with van der Waals surface area (Å²) in [6, 6.07) is 2.66. The molecule has 0 amide bonds. The topological polar surface area (TPSA) is 69.9 Å². The Morgan fingerprint density at radius 1 is 1.17 bits per heavy atom. The zero-order valence-electron chi connectivity index (χ0n) is 6.61. The molecule has 0 bridgehead atoms. The van der Waals surface area contributed by atoms with Crippen molar-refractivity contribution in [1.29, 1.82) is 0 Å². The van der Waals surface area contributed by atoms with Crippen LogP contribution in [0.5, 0.6) is 17.2 Å². The van der Waals surface area contributed by atoms with Gasteiger partial charge in [0.2, 0.25) is 0 Å². The molecule has 0 fully saturated rings. The van der Waals surface area contributed by atoms with Crippen molar-refractivity contribution in [2.75, 3.05) is 7.11 Å². The van der Waals surface area contributed by atoms with Crippen LogP contribution < -0.4 is 0 Å². The zero-order chi connectivity index (χ0) is 9.14. The Kier molecular flexibility index (Phi) is 2.40. The molecular weight excluding hydrogens is 160 g/mol. The van der Waals surface area contributed by atoms with Crippen LogP contribution in [0.2, 0.25) is 0 Å². The van der Waals surface area contributed by atoms with Crippen molar-refractivity contribution in [3.63, 3.8) is 0 Å². The van der Waals surface area contributed by atoms with Gasteiger partial charge in [-0.05, 0) is 17.7 Å². The summed E-state index contributed by atoms with van der Waals surface area (Å²) < 4.78 is 4.77. The van der Waals surface area contributed by atoms with Gasteiger partial charge in [0.15, 0.2) is 17.2 Å². The molecule has 0 heterocycles. The molecule has 0 unspecified atom stereocenters. The first-order chi connectivity index (χ1) is 5.65. The minimum absolute atomic E-state index is 0.279. The molecule has 66 valence electrons. The maximum atomic E-state index is 9.04. The van der Waals surface area contributed by atoms with Gasteiger partial charge in [-0.3, -0.25) is 0 Å². The van der Waals surface area contributed by atoms with E-state index in [1.54, 1.807) is 0 Å². The molecule has 12 heavy (non-hydrogen) atoms. The lowest BCUT2D eigenvalue weighted by Crippen LogP contribution is -1.86. The van der Waals surface area contributed by atoms with Crippen LogP contribution in [0.4, 0.5) is 0 Å². The first kappa shape index (κ1) is 8.67. The molecule has 0 aliphatic heterocycles. The molecule has 0 aromatic heterocycles. The van der Waals surface area contributed by atoms with Gasteiger partial charge in [-0.25, -0.2) is 0 Å². The van der Waals surface area contributed by atoms with Crippen molar-refractivity contribution in [2.24, 2.45) is 0 Å². The normalized spacial score (nSPS) is 10.1. The highest BCUT2D eigenvalue weighted by atomic mass is 16.5.